The standard InChI is InChI=1S/C13H16ClN3O3S/c1-8-5-11(12(20-4)6-10(8)14)16-21(18,19)13-9(2)7-15-17(13)3/h5-7,16H,1-4H3. The molecule has 1 heterocycles. The number of anilines is 1. The molecule has 0 fully saturated rings. The molecule has 8 heteroatoms. The summed E-state index contributed by atoms with van der Waals surface area (Å²) in [6, 6.07) is 3.20. The Kier molecular flexibility index (Phi) is 4.15. The van der Waals surface area contributed by atoms with Crippen molar-refractivity contribution in [1.82, 2.24) is 9.78 Å². The van der Waals surface area contributed by atoms with Gasteiger partial charge in [0.15, 0.2) is 5.03 Å². The normalized spacial score (nSPS) is 11.5. The molecule has 0 atom stereocenters. The number of aromatic nitrogens is 2. The van der Waals surface area contributed by atoms with Crippen molar-refractivity contribution in [3.63, 3.8) is 0 Å². The van der Waals surface area contributed by atoms with E-state index in [0.717, 1.165) is 5.56 Å². The zero-order valence-corrected chi connectivity index (χ0v) is 13.7. The van der Waals surface area contributed by atoms with Crippen molar-refractivity contribution < 1.29 is 13.2 Å². The maximum atomic E-state index is 12.5. The van der Waals surface area contributed by atoms with E-state index < -0.39 is 10.0 Å². The molecule has 1 N–H and O–H groups in total. The number of methoxy groups -OCH3 is 1. The lowest BCUT2D eigenvalue weighted by atomic mass is 10.2. The molecule has 0 saturated heterocycles. The highest BCUT2D eigenvalue weighted by Crippen LogP contribution is 2.32. The number of nitrogens with one attached hydrogen (secondary N) is 1. The largest absolute Gasteiger partial charge is 0.495 e. The monoisotopic (exact) mass is 329 g/mol. The number of halogens is 1. The number of hydrogen-bond donors (Lipinski definition) is 1. The second-order valence-electron chi connectivity index (χ2n) is 4.66. The number of hydrogen-bond acceptors (Lipinski definition) is 4. The molecule has 0 amide bonds. The van der Waals surface area contributed by atoms with Gasteiger partial charge in [-0.1, -0.05) is 11.6 Å². The van der Waals surface area contributed by atoms with Crippen LogP contribution in [-0.4, -0.2) is 25.3 Å². The van der Waals surface area contributed by atoms with Gasteiger partial charge in [0.2, 0.25) is 0 Å². The minimum Gasteiger partial charge on any atom is -0.495 e. The van der Waals surface area contributed by atoms with Gasteiger partial charge in [-0.05, 0) is 25.5 Å². The Labute approximate surface area is 128 Å². The molecule has 0 bridgehead atoms. The Morgan fingerprint density at radius 2 is 1.95 bits per heavy atom. The molecule has 1 aromatic heterocycles. The molecule has 21 heavy (non-hydrogen) atoms. The summed E-state index contributed by atoms with van der Waals surface area (Å²) in [5.74, 6) is 0.356. The van der Waals surface area contributed by atoms with Crippen LogP contribution in [0.25, 0.3) is 0 Å². The molecule has 0 radical (unpaired) electrons. The molecule has 0 saturated carbocycles. The average molecular weight is 330 g/mol. The van der Waals surface area contributed by atoms with Crippen LogP contribution in [0.1, 0.15) is 11.1 Å². The summed E-state index contributed by atoms with van der Waals surface area (Å²) in [4.78, 5) is 0. The minimum absolute atomic E-state index is 0.108. The van der Waals surface area contributed by atoms with E-state index in [-0.39, 0.29) is 5.03 Å². The molecule has 114 valence electrons. The number of aryl methyl sites for hydroxylation is 3. The zero-order valence-electron chi connectivity index (χ0n) is 12.1. The molecule has 0 aliphatic heterocycles. The maximum absolute atomic E-state index is 12.5. The number of sulfonamides is 1. The Balaban J connectivity index is 2.49. The van der Waals surface area contributed by atoms with Gasteiger partial charge in [0.1, 0.15) is 5.75 Å². The van der Waals surface area contributed by atoms with E-state index in [0.29, 0.717) is 22.0 Å². The molecule has 0 aliphatic rings. The summed E-state index contributed by atoms with van der Waals surface area (Å²) in [6.07, 6.45) is 1.50. The second-order valence-corrected chi connectivity index (χ2v) is 6.67. The summed E-state index contributed by atoms with van der Waals surface area (Å²) in [6.45, 7) is 3.47. The first kappa shape index (κ1) is 15.7. The third kappa shape index (κ3) is 2.98. The van der Waals surface area contributed by atoms with Gasteiger partial charge in [-0.15, -0.1) is 0 Å². The van der Waals surface area contributed by atoms with Gasteiger partial charge in [-0.25, -0.2) is 0 Å². The van der Waals surface area contributed by atoms with Crippen molar-refractivity contribution in [1.29, 1.82) is 0 Å². The lowest BCUT2D eigenvalue weighted by Gasteiger charge is -2.14. The van der Waals surface area contributed by atoms with Crippen LogP contribution in [0.2, 0.25) is 5.02 Å². The van der Waals surface area contributed by atoms with Gasteiger partial charge in [-0.3, -0.25) is 9.40 Å². The van der Waals surface area contributed by atoms with Crippen molar-refractivity contribution >= 4 is 27.3 Å². The van der Waals surface area contributed by atoms with Crippen LogP contribution in [0.4, 0.5) is 5.69 Å². The van der Waals surface area contributed by atoms with Crippen LogP contribution >= 0.6 is 11.6 Å². The Morgan fingerprint density at radius 3 is 2.48 bits per heavy atom. The molecular formula is C13H16ClN3O3S. The third-order valence-electron chi connectivity index (χ3n) is 3.04. The maximum Gasteiger partial charge on any atom is 0.279 e. The van der Waals surface area contributed by atoms with E-state index in [1.165, 1.54) is 18.0 Å². The molecule has 0 spiro atoms. The predicted molar refractivity (Wildman–Crippen MR) is 81.5 cm³/mol. The van der Waals surface area contributed by atoms with E-state index in [2.05, 4.69) is 9.82 Å². The highest BCUT2D eigenvalue weighted by molar-refractivity contribution is 7.92. The van der Waals surface area contributed by atoms with Gasteiger partial charge in [0.05, 0.1) is 19.0 Å². The second kappa shape index (κ2) is 5.57. The Hall–Kier alpha value is -1.73. The quantitative estimate of drug-likeness (QED) is 0.935. The van der Waals surface area contributed by atoms with E-state index in [9.17, 15) is 8.42 Å². The predicted octanol–water partition coefficient (Wildman–Crippen LogP) is 2.50. The molecule has 0 aliphatic carbocycles. The average Bonchev–Trinajstić information content (AvgIpc) is 2.73. The van der Waals surface area contributed by atoms with Gasteiger partial charge in [0.25, 0.3) is 10.0 Å². The first-order valence-corrected chi connectivity index (χ1v) is 7.98. The zero-order chi connectivity index (χ0) is 15.8. The number of benzene rings is 1. The molecule has 0 unspecified atom stereocenters. The smallest absolute Gasteiger partial charge is 0.279 e. The molecule has 1 aromatic carbocycles. The lowest BCUT2D eigenvalue weighted by molar-refractivity contribution is 0.417. The van der Waals surface area contributed by atoms with Gasteiger partial charge in [-0.2, -0.15) is 13.5 Å². The van der Waals surface area contributed by atoms with Crippen molar-refractivity contribution in [3.05, 3.63) is 34.5 Å². The van der Waals surface area contributed by atoms with Crippen LogP contribution in [0.15, 0.2) is 23.4 Å². The molecule has 6 nitrogen and oxygen atoms in total. The molecular weight excluding hydrogens is 314 g/mol. The SMILES string of the molecule is COc1cc(Cl)c(C)cc1NS(=O)(=O)c1c(C)cnn1C. The first-order chi connectivity index (χ1) is 9.76. The number of nitrogens with zero attached hydrogens (tertiary/aromatic N) is 2. The lowest BCUT2D eigenvalue weighted by Crippen LogP contribution is -2.18. The van der Waals surface area contributed by atoms with Crippen LogP contribution in [0.5, 0.6) is 5.75 Å². The van der Waals surface area contributed by atoms with Gasteiger partial charge < -0.3 is 4.74 Å². The third-order valence-corrected chi connectivity index (χ3v) is 5.03. The van der Waals surface area contributed by atoms with Crippen LogP contribution in [0.3, 0.4) is 0 Å². The summed E-state index contributed by atoms with van der Waals surface area (Å²) in [7, 11) is -0.738. The summed E-state index contributed by atoms with van der Waals surface area (Å²) in [5.41, 5.74) is 1.64. The van der Waals surface area contributed by atoms with Gasteiger partial charge >= 0.3 is 0 Å². The van der Waals surface area contributed by atoms with Crippen molar-refractivity contribution in [2.45, 2.75) is 18.9 Å². The fraction of sp³-hybridized carbons (Fsp3) is 0.308. The highest BCUT2D eigenvalue weighted by atomic mass is 35.5. The topological polar surface area (TPSA) is 73.2 Å². The van der Waals surface area contributed by atoms with E-state index in [1.807, 2.05) is 0 Å². The van der Waals surface area contributed by atoms with Crippen molar-refractivity contribution in [3.8, 4) is 5.75 Å². The highest BCUT2D eigenvalue weighted by Gasteiger charge is 2.23. The first-order valence-electron chi connectivity index (χ1n) is 6.12. The van der Waals surface area contributed by atoms with E-state index >= 15 is 0 Å². The van der Waals surface area contributed by atoms with Crippen molar-refractivity contribution in [2.24, 2.45) is 7.05 Å². The molecule has 2 rings (SSSR count). The van der Waals surface area contributed by atoms with Crippen molar-refractivity contribution in [2.75, 3.05) is 11.8 Å². The Bertz CT molecular complexity index is 765. The fourth-order valence-corrected chi connectivity index (χ4v) is 3.60. The molecule has 2 aromatic rings. The van der Waals surface area contributed by atoms with Crippen LogP contribution in [-0.2, 0) is 17.1 Å². The van der Waals surface area contributed by atoms with E-state index in [1.54, 1.807) is 33.0 Å². The summed E-state index contributed by atoms with van der Waals surface area (Å²) in [5, 5.41) is 4.56. The van der Waals surface area contributed by atoms with Crippen LogP contribution in [0, 0.1) is 13.8 Å². The Morgan fingerprint density at radius 1 is 1.29 bits per heavy atom. The minimum atomic E-state index is -3.77. The fourth-order valence-electron chi connectivity index (χ4n) is 2.03. The van der Waals surface area contributed by atoms with Gasteiger partial charge in [0, 0.05) is 23.7 Å². The summed E-state index contributed by atoms with van der Waals surface area (Å²) < 4.78 is 34.0. The van der Waals surface area contributed by atoms with Crippen LogP contribution < -0.4 is 9.46 Å². The number of ether oxygens (including phenoxy) is 1. The summed E-state index contributed by atoms with van der Waals surface area (Å²) >= 11 is 6.01. The number of rotatable bonds is 4. The van der Waals surface area contributed by atoms with E-state index in [4.69, 9.17) is 16.3 Å².